The van der Waals surface area contributed by atoms with Crippen LogP contribution in [0.4, 0.5) is 13.2 Å². The van der Waals surface area contributed by atoms with Crippen LogP contribution in [0, 0.1) is 0 Å². The molecule has 1 heterocycles. The second-order valence-corrected chi connectivity index (χ2v) is 3.52. The van der Waals surface area contributed by atoms with E-state index in [2.05, 4.69) is 9.97 Å². The molecule has 2 rings (SSSR count). The minimum atomic E-state index is -4.54. The summed E-state index contributed by atoms with van der Waals surface area (Å²) in [6.07, 6.45) is -2.23. The number of phenolic OH excluding ortho intramolecular Hbond substituents is 1. The largest absolute Gasteiger partial charge is 0.507 e. The summed E-state index contributed by atoms with van der Waals surface area (Å²) in [5.74, 6) is -0.622. The van der Waals surface area contributed by atoms with Gasteiger partial charge < -0.3 is 10.1 Å². The molecule has 0 aliphatic carbocycles. The number of rotatable bonds is 1. The first-order chi connectivity index (χ1) is 8.39. The van der Waals surface area contributed by atoms with Gasteiger partial charge in [0.15, 0.2) is 0 Å². The van der Waals surface area contributed by atoms with Crippen molar-refractivity contribution < 1.29 is 18.3 Å². The molecule has 0 aliphatic rings. The molecule has 1 aromatic carbocycles. The Morgan fingerprint density at radius 1 is 1.22 bits per heavy atom. The summed E-state index contributed by atoms with van der Waals surface area (Å²) >= 11 is 0. The zero-order valence-corrected chi connectivity index (χ0v) is 8.82. The zero-order chi connectivity index (χ0) is 13.3. The fourth-order valence-corrected chi connectivity index (χ4v) is 1.47. The second kappa shape index (κ2) is 4.17. The Bertz CT molecular complexity index is 635. The Kier molecular flexibility index (Phi) is 2.82. The molecule has 0 spiro atoms. The highest BCUT2D eigenvalue weighted by Crippen LogP contribution is 2.35. The normalized spacial score (nSPS) is 11.5. The van der Waals surface area contributed by atoms with Crippen molar-refractivity contribution >= 4 is 0 Å². The molecule has 0 fully saturated rings. The average Bonchev–Trinajstić information content (AvgIpc) is 2.29. The van der Waals surface area contributed by atoms with Crippen molar-refractivity contribution in [2.24, 2.45) is 0 Å². The molecule has 4 nitrogen and oxygen atoms in total. The Morgan fingerprint density at radius 2 is 1.94 bits per heavy atom. The van der Waals surface area contributed by atoms with E-state index in [1.165, 1.54) is 6.20 Å². The van der Waals surface area contributed by atoms with Gasteiger partial charge in [-0.15, -0.1) is 0 Å². The van der Waals surface area contributed by atoms with E-state index in [0.29, 0.717) is 6.07 Å². The molecule has 18 heavy (non-hydrogen) atoms. The molecular formula is C11H7F3N2O2. The SMILES string of the molecule is O=c1[nH]cncc1-c1ccc(C(F)(F)F)cc1O. The highest BCUT2D eigenvalue weighted by atomic mass is 19.4. The number of phenols is 1. The molecule has 0 aliphatic heterocycles. The van der Waals surface area contributed by atoms with Crippen molar-refractivity contribution in [1.29, 1.82) is 0 Å². The molecule has 94 valence electrons. The number of halogens is 3. The van der Waals surface area contributed by atoms with Crippen molar-refractivity contribution in [3.63, 3.8) is 0 Å². The van der Waals surface area contributed by atoms with Crippen molar-refractivity contribution in [3.05, 3.63) is 46.6 Å². The van der Waals surface area contributed by atoms with Crippen LogP contribution < -0.4 is 5.56 Å². The fraction of sp³-hybridized carbons (Fsp3) is 0.0909. The Morgan fingerprint density at radius 3 is 2.50 bits per heavy atom. The Balaban J connectivity index is 2.56. The van der Waals surface area contributed by atoms with Gasteiger partial charge in [0.2, 0.25) is 0 Å². The zero-order valence-electron chi connectivity index (χ0n) is 8.82. The van der Waals surface area contributed by atoms with E-state index in [0.717, 1.165) is 18.5 Å². The summed E-state index contributed by atoms with van der Waals surface area (Å²) in [7, 11) is 0. The van der Waals surface area contributed by atoms with Crippen LogP contribution in [-0.2, 0) is 6.18 Å². The Labute approximate surface area is 98.7 Å². The number of hydrogen-bond donors (Lipinski definition) is 2. The van der Waals surface area contributed by atoms with Gasteiger partial charge in [-0.05, 0) is 18.2 Å². The van der Waals surface area contributed by atoms with Crippen LogP contribution in [0.1, 0.15) is 5.56 Å². The molecule has 0 bridgehead atoms. The number of aromatic hydroxyl groups is 1. The molecule has 2 N–H and O–H groups in total. The predicted molar refractivity (Wildman–Crippen MR) is 57.0 cm³/mol. The van der Waals surface area contributed by atoms with Gasteiger partial charge in [-0.1, -0.05) is 0 Å². The van der Waals surface area contributed by atoms with Gasteiger partial charge in [0.1, 0.15) is 5.75 Å². The van der Waals surface area contributed by atoms with E-state index < -0.39 is 23.0 Å². The van der Waals surface area contributed by atoms with E-state index >= 15 is 0 Å². The minimum Gasteiger partial charge on any atom is -0.507 e. The molecule has 0 saturated carbocycles. The fourth-order valence-electron chi connectivity index (χ4n) is 1.47. The molecule has 1 aromatic heterocycles. The van der Waals surface area contributed by atoms with Crippen LogP contribution >= 0.6 is 0 Å². The summed E-state index contributed by atoms with van der Waals surface area (Å²) in [6, 6.07) is 2.40. The summed E-state index contributed by atoms with van der Waals surface area (Å²) in [6.45, 7) is 0. The first-order valence-corrected chi connectivity index (χ1v) is 4.83. The van der Waals surface area contributed by atoms with Gasteiger partial charge >= 0.3 is 6.18 Å². The topological polar surface area (TPSA) is 66.0 Å². The molecule has 7 heteroatoms. The van der Waals surface area contributed by atoms with Crippen molar-refractivity contribution in [1.82, 2.24) is 9.97 Å². The van der Waals surface area contributed by atoms with Gasteiger partial charge in [-0.3, -0.25) is 4.79 Å². The highest BCUT2D eigenvalue weighted by molar-refractivity contribution is 5.69. The van der Waals surface area contributed by atoms with Gasteiger partial charge in [0, 0.05) is 11.8 Å². The van der Waals surface area contributed by atoms with E-state index in [1.54, 1.807) is 0 Å². The van der Waals surface area contributed by atoms with E-state index in [4.69, 9.17) is 0 Å². The standard InChI is InChI=1S/C11H7F3N2O2/c12-11(13,14)6-1-2-7(9(17)3-6)8-4-15-5-16-10(8)18/h1-5,17H,(H,15,16,18). The van der Waals surface area contributed by atoms with Crippen LogP contribution in [-0.4, -0.2) is 15.1 Å². The van der Waals surface area contributed by atoms with Crippen LogP contribution in [0.3, 0.4) is 0 Å². The smallest absolute Gasteiger partial charge is 0.416 e. The minimum absolute atomic E-state index is 0.00245. The summed E-state index contributed by atoms with van der Waals surface area (Å²) in [5, 5.41) is 9.55. The number of benzene rings is 1. The highest BCUT2D eigenvalue weighted by Gasteiger charge is 2.31. The lowest BCUT2D eigenvalue weighted by Crippen LogP contribution is -2.09. The number of nitrogens with one attached hydrogen (secondary N) is 1. The number of aromatic nitrogens is 2. The lowest BCUT2D eigenvalue weighted by atomic mass is 10.0. The maximum Gasteiger partial charge on any atom is 0.416 e. The number of aromatic amines is 1. The van der Waals surface area contributed by atoms with Gasteiger partial charge in [-0.2, -0.15) is 13.2 Å². The van der Waals surface area contributed by atoms with Gasteiger partial charge in [0.25, 0.3) is 5.56 Å². The number of nitrogens with zero attached hydrogens (tertiary/aromatic N) is 1. The summed E-state index contributed by atoms with van der Waals surface area (Å²) in [5.41, 5.74) is -1.52. The lowest BCUT2D eigenvalue weighted by molar-refractivity contribution is -0.137. The molecule has 0 unspecified atom stereocenters. The van der Waals surface area contributed by atoms with Crippen LogP contribution in [0.2, 0.25) is 0 Å². The first-order valence-electron chi connectivity index (χ1n) is 4.83. The van der Waals surface area contributed by atoms with Crippen LogP contribution in [0.15, 0.2) is 35.5 Å². The maximum absolute atomic E-state index is 12.4. The third-order valence-electron chi connectivity index (χ3n) is 2.33. The molecule has 0 saturated heterocycles. The molecule has 0 radical (unpaired) electrons. The molecule has 0 atom stereocenters. The van der Waals surface area contributed by atoms with E-state index in [1.807, 2.05) is 0 Å². The van der Waals surface area contributed by atoms with Crippen molar-refractivity contribution in [2.75, 3.05) is 0 Å². The van der Waals surface area contributed by atoms with E-state index in [-0.39, 0.29) is 11.1 Å². The van der Waals surface area contributed by atoms with Crippen molar-refractivity contribution in [3.8, 4) is 16.9 Å². The number of alkyl halides is 3. The quantitative estimate of drug-likeness (QED) is 0.821. The summed E-state index contributed by atoms with van der Waals surface area (Å²) < 4.78 is 37.2. The van der Waals surface area contributed by atoms with Crippen LogP contribution in [0.25, 0.3) is 11.1 Å². The van der Waals surface area contributed by atoms with Crippen LogP contribution in [0.5, 0.6) is 5.75 Å². The predicted octanol–water partition coefficient (Wildman–Crippen LogP) is 2.16. The van der Waals surface area contributed by atoms with E-state index in [9.17, 15) is 23.1 Å². The van der Waals surface area contributed by atoms with Crippen molar-refractivity contribution in [2.45, 2.75) is 6.18 Å². The number of H-pyrrole nitrogens is 1. The summed E-state index contributed by atoms with van der Waals surface area (Å²) in [4.78, 5) is 17.3. The molecule has 2 aromatic rings. The Hall–Kier alpha value is -2.31. The monoisotopic (exact) mass is 256 g/mol. The first kappa shape index (κ1) is 12.2. The lowest BCUT2D eigenvalue weighted by Gasteiger charge is -2.09. The molecular weight excluding hydrogens is 249 g/mol. The number of hydrogen-bond acceptors (Lipinski definition) is 3. The van der Waals surface area contributed by atoms with Gasteiger partial charge in [-0.25, -0.2) is 4.98 Å². The van der Waals surface area contributed by atoms with Gasteiger partial charge in [0.05, 0.1) is 17.5 Å². The second-order valence-electron chi connectivity index (χ2n) is 3.52. The third-order valence-corrected chi connectivity index (χ3v) is 2.33. The molecule has 0 amide bonds. The third kappa shape index (κ3) is 2.20. The maximum atomic E-state index is 12.4. The average molecular weight is 256 g/mol.